The highest BCUT2D eigenvalue weighted by molar-refractivity contribution is 5.16. The van der Waals surface area contributed by atoms with Gasteiger partial charge in [-0.25, -0.2) is 0 Å². The fourth-order valence-electron chi connectivity index (χ4n) is 2.40. The summed E-state index contributed by atoms with van der Waals surface area (Å²) >= 11 is 0. The van der Waals surface area contributed by atoms with Crippen molar-refractivity contribution >= 4 is 0 Å². The monoisotopic (exact) mass is 192 g/mol. The zero-order valence-electron chi connectivity index (χ0n) is 9.92. The molecule has 0 N–H and O–H groups in total. The number of unbranched alkanes of at least 4 members (excludes halogenated alkanes) is 1. The lowest BCUT2D eigenvalue weighted by Crippen LogP contribution is -2.17. The van der Waals surface area contributed by atoms with Gasteiger partial charge >= 0.3 is 0 Å². The quantitative estimate of drug-likeness (QED) is 0.567. The van der Waals surface area contributed by atoms with E-state index in [1.807, 2.05) is 0 Å². The van der Waals surface area contributed by atoms with Crippen LogP contribution < -0.4 is 0 Å². The van der Waals surface area contributed by atoms with Crippen LogP contribution in [0, 0.1) is 11.8 Å². The minimum atomic E-state index is 0.736. The fourth-order valence-corrected chi connectivity index (χ4v) is 2.40. The maximum Gasteiger partial charge on any atom is 0.000227 e. The molecule has 0 spiro atoms. The van der Waals surface area contributed by atoms with Crippen LogP contribution in [0.5, 0.6) is 0 Å². The summed E-state index contributed by atoms with van der Waals surface area (Å²) in [6.45, 7) is 6.82. The van der Waals surface area contributed by atoms with Gasteiger partial charge < -0.3 is 0 Å². The second kappa shape index (κ2) is 6.06. The summed E-state index contributed by atoms with van der Waals surface area (Å²) in [4.78, 5) is 0. The van der Waals surface area contributed by atoms with Crippen molar-refractivity contribution in [2.45, 2.75) is 52.9 Å². The van der Waals surface area contributed by atoms with Crippen LogP contribution in [0.25, 0.3) is 0 Å². The molecular weight excluding hydrogens is 168 g/mol. The van der Waals surface area contributed by atoms with Crippen LogP contribution in [-0.4, -0.2) is 0 Å². The Kier molecular flexibility index (Phi) is 5.00. The molecule has 0 radical (unpaired) electrons. The lowest BCUT2D eigenvalue weighted by Gasteiger charge is -2.29. The molecule has 80 valence electrons. The van der Waals surface area contributed by atoms with Crippen molar-refractivity contribution in [2.75, 3.05) is 0 Å². The fraction of sp³-hybridized carbons (Fsp3) is 0.714. The first-order valence-electron chi connectivity index (χ1n) is 6.11. The van der Waals surface area contributed by atoms with Gasteiger partial charge in [0.1, 0.15) is 0 Å². The van der Waals surface area contributed by atoms with Crippen molar-refractivity contribution in [1.29, 1.82) is 0 Å². The molecule has 1 fully saturated rings. The third-order valence-electron chi connectivity index (χ3n) is 3.34. The Morgan fingerprint density at radius 3 is 2.86 bits per heavy atom. The van der Waals surface area contributed by atoms with Crippen LogP contribution >= 0.6 is 0 Å². The first-order valence-corrected chi connectivity index (χ1v) is 6.11. The number of hydrogen-bond acceptors (Lipinski definition) is 0. The lowest BCUT2D eigenvalue weighted by molar-refractivity contribution is 0.378. The van der Waals surface area contributed by atoms with Crippen molar-refractivity contribution < 1.29 is 0 Å². The Hall–Kier alpha value is -0.520. The highest BCUT2D eigenvalue weighted by Gasteiger charge is 2.22. The first kappa shape index (κ1) is 11.6. The average molecular weight is 192 g/mol. The Bertz CT molecular complexity index is 210. The molecule has 2 atom stereocenters. The smallest absolute Gasteiger partial charge is 0.000227 e. The van der Waals surface area contributed by atoms with E-state index in [0.29, 0.717) is 0 Å². The Labute approximate surface area is 89.1 Å². The van der Waals surface area contributed by atoms with Crippen molar-refractivity contribution in [3.05, 3.63) is 23.8 Å². The minimum Gasteiger partial charge on any atom is -0.0879 e. The lowest BCUT2D eigenvalue weighted by atomic mass is 9.76. The van der Waals surface area contributed by atoms with Crippen LogP contribution in [0.3, 0.4) is 0 Å². The molecule has 0 aliphatic heterocycles. The van der Waals surface area contributed by atoms with E-state index < -0.39 is 0 Å². The normalized spacial score (nSPS) is 31.5. The molecule has 0 saturated heterocycles. The van der Waals surface area contributed by atoms with Crippen molar-refractivity contribution in [3.8, 4) is 0 Å². The largest absolute Gasteiger partial charge is 0.0879 e. The van der Waals surface area contributed by atoms with Crippen LogP contribution in [0.4, 0.5) is 0 Å². The maximum atomic E-state index is 2.45. The van der Waals surface area contributed by atoms with Gasteiger partial charge in [-0.05, 0) is 38.5 Å². The van der Waals surface area contributed by atoms with Crippen molar-refractivity contribution in [3.63, 3.8) is 0 Å². The van der Waals surface area contributed by atoms with E-state index in [9.17, 15) is 0 Å². The van der Waals surface area contributed by atoms with Gasteiger partial charge in [0.05, 0.1) is 0 Å². The Balaban J connectivity index is 2.60. The molecular formula is C14H24. The zero-order valence-corrected chi connectivity index (χ0v) is 9.92. The highest BCUT2D eigenvalue weighted by atomic mass is 14.3. The molecule has 1 aliphatic carbocycles. The van der Waals surface area contributed by atoms with Crippen LogP contribution in [0.15, 0.2) is 23.8 Å². The number of allylic oxidation sites excluding steroid dienone is 4. The van der Waals surface area contributed by atoms with E-state index in [4.69, 9.17) is 0 Å². The summed E-state index contributed by atoms with van der Waals surface area (Å²) in [5.41, 5.74) is 1.66. The molecule has 1 saturated carbocycles. The molecule has 0 aromatic rings. The van der Waals surface area contributed by atoms with Crippen LogP contribution in [0.1, 0.15) is 52.9 Å². The van der Waals surface area contributed by atoms with Gasteiger partial charge in [0.25, 0.3) is 0 Å². The zero-order chi connectivity index (χ0) is 10.4. The van der Waals surface area contributed by atoms with Gasteiger partial charge in [-0.2, -0.15) is 0 Å². The molecule has 0 nitrogen and oxygen atoms in total. The topological polar surface area (TPSA) is 0 Å². The molecule has 14 heavy (non-hydrogen) atoms. The van der Waals surface area contributed by atoms with Crippen molar-refractivity contribution in [2.24, 2.45) is 11.8 Å². The predicted octanol–water partition coefficient (Wildman–Crippen LogP) is 4.73. The molecule has 1 rings (SSSR count). The molecule has 0 heteroatoms. The Morgan fingerprint density at radius 1 is 1.43 bits per heavy atom. The van der Waals surface area contributed by atoms with Gasteiger partial charge in [-0.15, -0.1) is 0 Å². The molecule has 1 aliphatic rings. The SMILES string of the molecule is C/C=C1/CCCC(C)C1C=CCCC. The molecule has 2 unspecified atom stereocenters. The van der Waals surface area contributed by atoms with Crippen LogP contribution in [0.2, 0.25) is 0 Å². The molecule has 0 heterocycles. The van der Waals surface area contributed by atoms with E-state index in [0.717, 1.165) is 11.8 Å². The average Bonchev–Trinajstić information content (AvgIpc) is 2.20. The number of hydrogen-bond donors (Lipinski definition) is 0. The van der Waals surface area contributed by atoms with Crippen LogP contribution in [-0.2, 0) is 0 Å². The highest BCUT2D eigenvalue weighted by Crippen LogP contribution is 2.35. The predicted molar refractivity (Wildman–Crippen MR) is 64.3 cm³/mol. The summed E-state index contributed by atoms with van der Waals surface area (Å²) in [6, 6.07) is 0. The minimum absolute atomic E-state index is 0.736. The molecule has 0 amide bonds. The van der Waals surface area contributed by atoms with E-state index in [1.54, 1.807) is 5.57 Å². The summed E-state index contributed by atoms with van der Waals surface area (Å²) in [7, 11) is 0. The first-order chi connectivity index (χ1) is 6.79. The van der Waals surface area contributed by atoms with Gasteiger partial charge in [0, 0.05) is 5.92 Å². The Morgan fingerprint density at radius 2 is 2.21 bits per heavy atom. The maximum absolute atomic E-state index is 2.45. The summed E-state index contributed by atoms with van der Waals surface area (Å²) in [5, 5.41) is 0. The van der Waals surface area contributed by atoms with Gasteiger partial charge in [-0.1, -0.05) is 44.1 Å². The second-order valence-electron chi connectivity index (χ2n) is 4.48. The van der Waals surface area contributed by atoms with Gasteiger partial charge in [0.2, 0.25) is 0 Å². The van der Waals surface area contributed by atoms with E-state index in [1.165, 1.54) is 32.1 Å². The van der Waals surface area contributed by atoms with E-state index in [-0.39, 0.29) is 0 Å². The van der Waals surface area contributed by atoms with Gasteiger partial charge in [-0.3, -0.25) is 0 Å². The van der Waals surface area contributed by atoms with E-state index >= 15 is 0 Å². The van der Waals surface area contributed by atoms with E-state index in [2.05, 4.69) is 39.0 Å². The second-order valence-corrected chi connectivity index (χ2v) is 4.48. The third kappa shape index (κ3) is 3.01. The number of rotatable bonds is 3. The van der Waals surface area contributed by atoms with Crippen molar-refractivity contribution in [1.82, 2.24) is 0 Å². The molecule has 0 bridgehead atoms. The van der Waals surface area contributed by atoms with Gasteiger partial charge in [0.15, 0.2) is 0 Å². The summed E-state index contributed by atoms with van der Waals surface area (Å²) in [6.07, 6.45) is 13.8. The molecule has 0 aromatic carbocycles. The summed E-state index contributed by atoms with van der Waals surface area (Å²) in [5.74, 6) is 1.59. The third-order valence-corrected chi connectivity index (χ3v) is 3.34. The summed E-state index contributed by atoms with van der Waals surface area (Å²) < 4.78 is 0. The standard InChI is InChI=1S/C14H24/c1-4-6-7-11-14-12(3)9-8-10-13(14)5-2/h5,7,11-12,14H,4,6,8-10H2,1-3H3/b11-7?,13-5-. The molecule has 0 aromatic heterocycles.